The molecule has 0 spiro atoms. The van der Waals surface area contributed by atoms with Crippen LogP contribution in [0.2, 0.25) is 0 Å². The van der Waals surface area contributed by atoms with Crippen LogP contribution in [0.5, 0.6) is 5.75 Å². The highest BCUT2D eigenvalue weighted by Gasteiger charge is 2.31. The first-order valence-corrected chi connectivity index (χ1v) is 10.4. The van der Waals surface area contributed by atoms with Gasteiger partial charge in [0.2, 0.25) is 0 Å². The molecule has 0 aliphatic heterocycles. The normalized spacial score (nSPS) is 11.7. The Morgan fingerprint density at radius 1 is 0.943 bits per heavy atom. The van der Waals surface area contributed by atoms with Crippen LogP contribution in [-0.4, -0.2) is 26.0 Å². The predicted octanol–water partition coefficient (Wildman–Crippen LogP) is 6.54. The maximum Gasteiger partial charge on any atom is 0.416 e. The molecule has 0 radical (unpaired) electrons. The van der Waals surface area contributed by atoms with Gasteiger partial charge in [-0.1, -0.05) is 42.5 Å². The number of methoxy groups -OCH3 is 2. The lowest BCUT2D eigenvalue weighted by Crippen LogP contribution is -2.07. The van der Waals surface area contributed by atoms with E-state index >= 15 is 0 Å². The van der Waals surface area contributed by atoms with Crippen LogP contribution >= 0.6 is 0 Å². The summed E-state index contributed by atoms with van der Waals surface area (Å²) in [4.78, 5) is 25.2. The number of carbonyl (C=O) groups excluding carboxylic acids is 2. The van der Waals surface area contributed by atoms with Crippen LogP contribution in [0.4, 0.5) is 13.2 Å². The molecule has 0 unspecified atom stereocenters. The number of benzene rings is 3. The molecule has 3 aromatic carbocycles. The van der Waals surface area contributed by atoms with Gasteiger partial charge in [0.1, 0.15) is 5.76 Å². The lowest BCUT2D eigenvalue weighted by atomic mass is 9.96. The third kappa shape index (κ3) is 4.82. The molecule has 0 bridgehead atoms. The van der Waals surface area contributed by atoms with Crippen LogP contribution < -0.4 is 4.74 Å². The first-order valence-electron chi connectivity index (χ1n) is 10.4. The highest BCUT2D eigenvalue weighted by Crippen LogP contribution is 2.40. The molecule has 0 saturated carbocycles. The fourth-order valence-electron chi connectivity index (χ4n) is 3.64. The Kier molecular flexibility index (Phi) is 6.46. The van der Waals surface area contributed by atoms with Gasteiger partial charge in [0.15, 0.2) is 17.1 Å². The van der Waals surface area contributed by atoms with Gasteiger partial charge in [0.05, 0.1) is 25.3 Å². The molecule has 0 saturated heterocycles. The van der Waals surface area contributed by atoms with Crippen molar-refractivity contribution in [2.24, 2.45) is 0 Å². The standard InChI is InChI=1S/C27H19F3O5/c1-33-21-15-16(8-13-22(31)34-2)14-20-23(25(35-26(20)21)18-6-4-3-5-7-18)24(32)17-9-11-19(12-10-17)27(28,29)30/h3-15H,1-2H3. The van der Waals surface area contributed by atoms with E-state index in [4.69, 9.17) is 9.15 Å². The summed E-state index contributed by atoms with van der Waals surface area (Å²) >= 11 is 0. The van der Waals surface area contributed by atoms with Crippen LogP contribution in [0, 0.1) is 0 Å². The Bertz CT molecular complexity index is 1420. The molecule has 0 fully saturated rings. The van der Waals surface area contributed by atoms with Gasteiger partial charge in [-0.15, -0.1) is 0 Å². The van der Waals surface area contributed by atoms with Crippen molar-refractivity contribution in [2.75, 3.05) is 14.2 Å². The molecule has 4 rings (SSSR count). The number of halogens is 3. The minimum absolute atomic E-state index is 0.0624. The summed E-state index contributed by atoms with van der Waals surface area (Å²) in [6.45, 7) is 0. The number of ether oxygens (including phenoxy) is 2. The van der Waals surface area contributed by atoms with Gasteiger partial charge in [-0.25, -0.2) is 4.79 Å². The molecule has 4 aromatic rings. The molecule has 0 atom stereocenters. The van der Waals surface area contributed by atoms with Gasteiger partial charge in [-0.3, -0.25) is 4.79 Å². The molecule has 1 aromatic heterocycles. The second kappa shape index (κ2) is 9.50. The Balaban J connectivity index is 1.94. The van der Waals surface area contributed by atoms with Crippen molar-refractivity contribution in [1.29, 1.82) is 0 Å². The molecule has 0 amide bonds. The molecule has 178 valence electrons. The van der Waals surface area contributed by atoms with Crippen LogP contribution in [0.15, 0.2) is 77.2 Å². The number of fused-ring (bicyclic) bond motifs is 1. The molecular formula is C27H19F3O5. The van der Waals surface area contributed by atoms with Crippen molar-refractivity contribution in [2.45, 2.75) is 6.18 Å². The zero-order chi connectivity index (χ0) is 25.2. The summed E-state index contributed by atoms with van der Waals surface area (Å²) in [6.07, 6.45) is -1.81. The van der Waals surface area contributed by atoms with E-state index in [1.54, 1.807) is 42.5 Å². The molecule has 1 heterocycles. The third-order valence-electron chi connectivity index (χ3n) is 5.35. The topological polar surface area (TPSA) is 65.7 Å². The van der Waals surface area contributed by atoms with E-state index < -0.39 is 23.5 Å². The van der Waals surface area contributed by atoms with Gasteiger partial charge in [0, 0.05) is 22.6 Å². The van der Waals surface area contributed by atoms with Gasteiger partial charge >= 0.3 is 12.1 Å². The van der Waals surface area contributed by atoms with Gasteiger partial charge < -0.3 is 13.9 Å². The average Bonchev–Trinajstić information content (AvgIpc) is 3.25. The zero-order valence-corrected chi connectivity index (χ0v) is 18.7. The smallest absolute Gasteiger partial charge is 0.416 e. The van der Waals surface area contributed by atoms with Crippen LogP contribution in [-0.2, 0) is 15.7 Å². The Labute approximate surface area is 198 Å². The molecule has 0 aliphatic rings. The maximum atomic E-state index is 13.6. The molecule has 5 nitrogen and oxygen atoms in total. The predicted molar refractivity (Wildman–Crippen MR) is 124 cm³/mol. The molecular weight excluding hydrogens is 461 g/mol. The van der Waals surface area contributed by atoms with Crippen molar-refractivity contribution in [1.82, 2.24) is 0 Å². The Hall–Kier alpha value is -4.33. The number of hydrogen-bond donors (Lipinski definition) is 0. The minimum Gasteiger partial charge on any atom is -0.493 e. The molecule has 0 aliphatic carbocycles. The molecule has 35 heavy (non-hydrogen) atoms. The quantitative estimate of drug-likeness (QED) is 0.178. The van der Waals surface area contributed by atoms with Gasteiger partial charge in [-0.05, 0) is 35.9 Å². The van der Waals surface area contributed by atoms with Crippen LogP contribution in [0.1, 0.15) is 27.0 Å². The zero-order valence-electron chi connectivity index (χ0n) is 18.7. The first kappa shape index (κ1) is 23.8. The summed E-state index contributed by atoms with van der Waals surface area (Å²) in [5.74, 6) is -0.525. The third-order valence-corrected chi connectivity index (χ3v) is 5.35. The number of furan rings is 1. The largest absolute Gasteiger partial charge is 0.493 e. The number of esters is 1. The van der Waals surface area contributed by atoms with Crippen molar-refractivity contribution in [3.8, 4) is 17.1 Å². The van der Waals surface area contributed by atoms with Crippen molar-refractivity contribution in [3.63, 3.8) is 0 Å². The SMILES string of the molecule is COC(=O)C=Cc1cc(OC)c2oc(-c3ccccc3)c(C(=O)c3ccc(C(F)(F)F)cc3)c2c1. The number of carbonyl (C=O) groups is 2. The lowest BCUT2D eigenvalue weighted by molar-refractivity contribution is -0.137. The summed E-state index contributed by atoms with van der Waals surface area (Å²) in [5.41, 5.74) is 0.794. The second-order valence-electron chi connectivity index (χ2n) is 7.53. The summed E-state index contributed by atoms with van der Waals surface area (Å²) < 4.78 is 55.2. The van der Waals surface area contributed by atoms with Crippen molar-refractivity contribution in [3.05, 3.63) is 95.1 Å². The van der Waals surface area contributed by atoms with E-state index in [-0.39, 0.29) is 22.5 Å². The summed E-state index contributed by atoms with van der Waals surface area (Å²) in [7, 11) is 2.68. The highest BCUT2D eigenvalue weighted by atomic mass is 19.4. The number of ketones is 1. The van der Waals surface area contributed by atoms with E-state index in [9.17, 15) is 22.8 Å². The number of alkyl halides is 3. The fraction of sp³-hybridized carbons (Fsp3) is 0.111. The van der Waals surface area contributed by atoms with E-state index in [1.807, 2.05) is 0 Å². The molecule has 8 heteroatoms. The van der Waals surface area contributed by atoms with Crippen molar-refractivity contribution < 1.29 is 36.7 Å². The number of rotatable bonds is 6. The maximum absolute atomic E-state index is 13.6. The summed E-state index contributed by atoms with van der Waals surface area (Å²) in [5, 5.41) is 0.387. The van der Waals surface area contributed by atoms with Crippen LogP contribution in [0.25, 0.3) is 28.4 Å². The Morgan fingerprint density at radius 3 is 2.23 bits per heavy atom. The van der Waals surface area contributed by atoms with E-state index in [0.29, 0.717) is 22.3 Å². The van der Waals surface area contributed by atoms with Crippen LogP contribution in [0.3, 0.4) is 0 Å². The van der Waals surface area contributed by atoms with E-state index in [2.05, 4.69) is 4.74 Å². The van der Waals surface area contributed by atoms with E-state index in [0.717, 1.165) is 24.3 Å². The highest BCUT2D eigenvalue weighted by molar-refractivity contribution is 6.20. The average molecular weight is 480 g/mol. The monoisotopic (exact) mass is 480 g/mol. The fourth-order valence-corrected chi connectivity index (χ4v) is 3.64. The van der Waals surface area contributed by atoms with E-state index in [1.165, 1.54) is 26.4 Å². The lowest BCUT2D eigenvalue weighted by Gasteiger charge is -2.08. The van der Waals surface area contributed by atoms with Crippen molar-refractivity contribution >= 4 is 28.8 Å². The number of hydrogen-bond acceptors (Lipinski definition) is 5. The first-order chi connectivity index (χ1) is 16.7. The summed E-state index contributed by atoms with van der Waals surface area (Å²) in [6, 6.07) is 16.1. The van der Waals surface area contributed by atoms with Gasteiger partial charge in [0.25, 0.3) is 0 Å². The Morgan fingerprint density at radius 2 is 1.63 bits per heavy atom. The molecule has 0 N–H and O–H groups in total. The second-order valence-corrected chi connectivity index (χ2v) is 7.53. The van der Waals surface area contributed by atoms with Gasteiger partial charge in [-0.2, -0.15) is 13.2 Å². The minimum atomic E-state index is -4.52.